The molecule has 0 bridgehead atoms. The van der Waals surface area contributed by atoms with Crippen LogP contribution in [0.15, 0.2) is 60.8 Å². The van der Waals surface area contributed by atoms with Crippen LogP contribution in [0.25, 0.3) is 10.9 Å². The summed E-state index contributed by atoms with van der Waals surface area (Å²) in [7, 11) is 0. The Morgan fingerprint density at radius 2 is 1.79 bits per heavy atom. The molecule has 2 aromatic carbocycles. The van der Waals surface area contributed by atoms with Gasteiger partial charge in [0.2, 0.25) is 0 Å². The van der Waals surface area contributed by atoms with Crippen molar-refractivity contribution in [3.63, 3.8) is 0 Å². The number of anilines is 1. The zero-order chi connectivity index (χ0) is 16.9. The second-order valence-electron chi connectivity index (χ2n) is 5.10. The lowest BCUT2D eigenvalue weighted by Crippen LogP contribution is -2.35. The molecule has 0 aliphatic heterocycles. The van der Waals surface area contributed by atoms with Crippen LogP contribution in [0.4, 0.5) is 5.69 Å². The first-order valence-corrected chi connectivity index (χ1v) is 7.69. The molecule has 1 aromatic heterocycles. The van der Waals surface area contributed by atoms with Crippen molar-refractivity contribution >= 4 is 40.0 Å². The van der Waals surface area contributed by atoms with Gasteiger partial charge in [-0.25, -0.2) is 0 Å². The number of hydrogen-bond acceptors (Lipinski definition) is 3. The highest BCUT2D eigenvalue weighted by atomic mass is 35.5. The number of nitrogens with zero attached hydrogens (tertiary/aromatic N) is 1. The molecule has 0 saturated carbocycles. The maximum atomic E-state index is 12.1. The van der Waals surface area contributed by atoms with Crippen LogP contribution >= 0.6 is 11.6 Å². The van der Waals surface area contributed by atoms with Crippen molar-refractivity contribution in [1.82, 2.24) is 10.3 Å². The minimum absolute atomic E-state index is 0.184. The van der Waals surface area contributed by atoms with Gasteiger partial charge in [0.15, 0.2) is 0 Å². The van der Waals surface area contributed by atoms with Gasteiger partial charge in [-0.05, 0) is 35.9 Å². The second kappa shape index (κ2) is 7.10. The Morgan fingerprint density at radius 3 is 2.62 bits per heavy atom. The van der Waals surface area contributed by atoms with Crippen LogP contribution in [0, 0.1) is 0 Å². The van der Waals surface area contributed by atoms with Crippen LogP contribution < -0.4 is 10.6 Å². The molecular formula is C18H14ClN3O2. The van der Waals surface area contributed by atoms with Gasteiger partial charge >= 0.3 is 11.8 Å². The highest BCUT2D eigenvalue weighted by molar-refractivity contribution is 6.40. The molecular weight excluding hydrogens is 326 g/mol. The summed E-state index contributed by atoms with van der Waals surface area (Å²) in [6.07, 6.45) is 1.67. The molecule has 6 heteroatoms. The van der Waals surface area contributed by atoms with E-state index in [0.29, 0.717) is 10.7 Å². The van der Waals surface area contributed by atoms with E-state index >= 15 is 0 Å². The van der Waals surface area contributed by atoms with E-state index in [4.69, 9.17) is 11.6 Å². The highest BCUT2D eigenvalue weighted by Gasteiger charge is 2.15. The zero-order valence-corrected chi connectivity index (χ0v) is 13.4. The van der Waals surface area contributed by atoms with Gasteiger partial charge in [0.25, 0.3) is 0 Å². The first-order valence-electron chi connectivity index (χ1n) is 7.31. The molecule has 0 atom stereocenters. The summed E-state index contributed by atoms with van der Waals surface area (Å²) in [5.74, 6) is -1.46. The number of halogens is 1. The van der Waals surface area contributed by atoms with Gasteiger partial charge in [-0.3, -0.25) is 14.6 Å². The quantitative estimate of drug-likeness (QED) is 0.720. The fourth-order valence-corrected chi connectivity index (χ4v) is 2.49. The fraction of sp³-hybridized carbons (Fsp3) is 0.0556. The average Bonchev–Trinajstić information content (AvgIpc) is 2.61. The van der Waals surface area contributed by atoms with Crippen molar-refractivity contribution in [1.29, 1.82) is 0 Å². The number of amides is 2. The molecule has 5 nitrogen and oxygen atoms in total. The summed E-state index contributed by atoms with van der Waals surface area (Å²) in [6.45, 7) is 0.184. The smallest absolute Gasteiger partial charge is 0.313 e. The van der Waals surface area contributed by atoms with E-state index in [1.54, 1.807) is 42.6 Å². The summed E-state index contributed by atoms with van der Waals surface area (Å²) < 4.78 is 0. The molecule has 0 spiro atoms. The molecule has 2 amide bonds. The van der Waals surface area contributed by atoms with E-state index in [9.17, 15) is 9.59 Å². The lowest BCUT2D eigenvalue weighted by Gasteiger charge is -2.09. The molecule has 24 heavy (non-hydrogen) atoms. The molecule has 3 rings (SSSR count). The van der Waals surface area contributed by atoms with E-state index in [0.717, 1.165) is 16.5 Å². The number of carbonyl (C=O) groups excluding carboxylic acids is 2. The van der Waals surface area contributed by atoms with Crippen molar-refractivity contribution in [2.45, 2.75) is 6.54 Å². The van der Waals surface area contributed by atoms with Gasteiger partial charge in [0, 0.05) is 23.2 Å². The Labute approximate surface area is 143 Å². The third-order valence-corrected chi connectivity index (χ3v) is 3.87. The number of aromatic nitrogens is 1. The van der Waals surface area contributed by atoms with E-state index < -0.39 is 11.8 Å². The number of rotatable bonds is 3. The number of pyridine rings is 1. The largest absolute Gasteiger partial charge is 0.344 e. The Morgan fingerprint density at radius 1 is 0.958 bits per heavy atom. The van der Waals surface area contributed by atoms with Crippen LogP contribution in [0.5, 0.6) is 0 Å². The van der Waals surface area contributed by atoms with Crippen LogP contribution in [0.1, 0.15) is 5.56 Å². The Balaban J connectivity index is 1.68. The van der Waals surface area contributed by atoms with Gasteiger partial charge in [-0.15, -0.1) is 0 Å². The van der Waals surface area contributed by atoms with Crippen molar-refractivity contribution in [3.05, 3.63) is 71.4 Å². The Hall–Kier alpha value is -2.92. The minimum atomic E-state index is -0.738. The van der Waals surface area contributed by atoms with Crippen LogP contribution in [0.3, 0.4) is 0 Å². The summed E-state index contributed by atoms with van der Waals surface area (Å²) in [5, 5.41) is 6.48. The third-order valence-electron chi connectivity index (χ3n) is 3.50. The maximum absolute atomic E-state index is 12.1. The first kappa shape index (κ1) is 16.0. The Bertz CT molecular complexity index is 906. The maximum Gasteiger partial charge on any atom is 0.313 e. The van der Waals surface area contributed by atoms with Crippen molar-refractivity contribution in [3.8, 4) is 0 Å². The predicted molar refractivity (Wildman–Crippen MR) is 93.7 cm³/mol. The number of fused-ring (bicyclic) bond motifs is 1. The molecule has 2 N–H and O–H groups in total. The standard InChI is InChI=1S/C18H14ClN3O2/c19-14-7-2-1-5-12(14)11-21-17(23)18(24)22-16-9-3-8-15-13(16)6-4-10-20-15/h1-10H,11H2,(H,21,23)(H,22,24). The van der Waals surface area contributed by atoms with Gasteiger partial charge in [-0.1, -0.05) is 35.9 Å². The lowest BCUT2D eigenvalue weighted by molar-refractivity contribution is -0.136. The van der Waals surface area contributed by atoms with E-state index in [1.807, 2.05) is 18.2 Å². The molecule has 0 unspecified atom stereocenters. The summed E-state index contributed by atoms with van der Waals surface area (Å²) >= 11 is 6.02. The molecule has 120 valence electrons. The number of hydrogen-bond donors (Lipinski definition) is 2. The van der Waals surface area contributed by atoms with Crippen molar-refractivity contribution < 1.29 is 9.59 Å². The normalized spacial score (nSPS) is 10.4. The first-order chi connectivity index (χ1) is 11.6. The minimum Gasteiger partial charge on any atom is -0.344 e. The molecule has 3 aromatic rings. The van der Waals surface area contributed by atoms with Crippen molar-refractivity contribution in [2.75, 3.05) is 5.32 Å². The van der Waals surface area contributed by atoms with Gasteiger partial charge in [-0.2, -0.15) is 0 Å². The summed E-state index contributed by atoms with van der Waals surface area (Å²) in [4.78, 5) is 28.3. The SMILES string of the molecule is O=C(NCc1ccccc1Cl)C(=O)Nc1cccc2ncccc12. The van der Waals surface area contributed by atoms with Crippen LogP contribution in [0.2, 0.25) is 5.02 Å². The van der Waals surface area contributed by atoms with Gasteiger partial charge in [0.05, 0.1) is 11.2 Å². The fourth-order valence-electron chi connectivity index (χ4n) is 2.29. The topological polar surface area (TPSA) is 71.1 Å². The number of carbonyl (C=O) groups is 2. The zero-order valence-electron chi connectivity index (χ0n) is 12.6. The monoisotopic (exact) mass is 339 g/mol. The van der Waals surface area contributed by atoms with Crippen LogP contribution in [-0.4, -0.2) is 16.8 Å². The van der Waals surface area contributed by atoms with Crippen LogP contribution in [-0.2, 0) is 16.1 Å². The lowest BCUT2D eigenvalue weighted by atomic mass is 10.2. The van der Waals surface area contributed by atoms with E-state index in [-0.39, 0.29) is 6.54 Å². The predicted octanol–water partition coefficient (Wildman–Crippen LogP) is 3.14. The molecule has 0 radical (unpaired) electrons. The summed E-state index contributed by atoms with van der Waals surface area (Å²) in [6, 6.07) is 16.1. The number of nitrogens with one attached hydrogen (secondary N) is 2. The molecule has 0 aliphatic carbocycles. The van der Waals surface area contributed by atoms with E-state index in [1.165, 1.54) is 0 Å². The molecule has 0 aliphatic rings. The van der Waals surface area contributed by atoms with E-state index in [2.05, 4.69) is 15.6 Å². The van der Waals surface area contributed by atoms with Gasteiger partial charge < -0.3 is 10.6 Å². The third kappa shape index (κ3) is 3.52. The van der Waals surface area contributed by atoms with Crippen molar-refractivity contribution in [2.24, 2.45) is 0 Å². The molecule has 0 fully saturated rings. The Kier molecular flexibility index (Phi) is 4.72. The molecule has 0 saturated heterocycles. The van der Waals surface area contributed by atoms with Gasteiger partial charge in [0.1, 0.15) is 0 Å². The summed E-state index contributed by atoms with van der Waals surface area (Å²) in [5.41, 5.74) is 2.03. The highest BCUT2D eigenvalue weighted by Crippen LogP contribution is 2.21. The number of benzene rings is 2. The molecule has 1 heterocycles. The second-order valence-corrected chi connectivity index (χ2v) is 5.51. The average molecular weight is 340 g/mol.